The SMILES string of the molecule is C=CC(=O)Nc1ccc(C(=O)N(C)C2CCSCC2)cc1. The first-order chi connectivity index (χ1) is 10.1. The maximum atomic E-state index is 12.4. The maximum absolute atomic E-state index is 12.4. The molecule has 1 aromatic rings. The molecule has 1 heterocycles. The van der Waals surface area contributed by atoms with E-state index >= 15 is 0 Å². The topological polar surface area (TPSA) is 49.4 Å². The van der Waals surface area contributed by atoms with Gasteiger partial charge in [-0.25, -0.2) is 0 Å². The average Bonchev–Trinajstić information content (AvgIpc) is 2.55. The van der Waals surface area contributed by atoms with E-state index in [9.17, 15) is 9.59 Å². The molecule has 0 aliphatic carbocycles. The summed E-state index contributed by atoms with van der Waals surface area (Å²) in [7, 11) is 1.87. The molecule has 1 aliphatic heterocycles. The largest absolute Gasteiger partial charge is 0.339 e. The van der Waals surface area contributed by atoms with Crippen molar-refractivity contribution in [2.45, 2.75) is 18.9 Å². The molecule has 1 N–H and O–H groups in total. The van der Waals surface area contributed by atoms with Gasteiger partial charge in [-0.1, -0.05) is 6.58 Å². The molecule has 0 saturated carbocycles. The molecule has 0 spiro atoms. The van der Waals surface area contributed by atoms with Crippen molar-refractivity contribution >= 4 is 29.3 Å². The minimum atomic E-state index is -0.258. The van der Waals surface area contributed by atoms with Gasteiger partial charge in [0.2, 0.25) is 5.91 Å². The van der Waals surface area contributed by atoms with Crippen LogP contribution in [0.4, 0.5) is 5.69 Å². The Labute approximate surface area is 129 Å². The highest BCUT2D eigenvalue weighted by Gasteiger charge is 2.23. The van der Waals surface area contributed by atoms with Crippen LogP contribution in [0.3, 0.4) is 0 Å². The summed E-state index contributed by atoms with van der Waals surface area (Å²) in [6.45, 7) is 3.40. The number of nitrogens with zero attached hydrogens (tertiary/aromatic N) is 1. The Balaban J connectivity index is 2.01. The summed E-state index contributed by atoms with van der Waals surface area (Å²) in [6, 6.07) is 7.29. The third kappa shape index (κ3) is 4.11. The Bertz CT molecular complexity index is 522. The van der Waals surface area contributed by atoms with E-state index in [2.05, 4.69) is 11.9 Å². The fraction of sp³-hybridized carbons (Fsp3) is 0.375. The van der Waals surface area contributed by atoms with E-state index in [0.717, 1.165) is 24.3 Å². The predicted octanol–water partition coefficient (Wildman–Crippen LogP) is 2.78. The van der Waals surface area contributed by atoms with Crippen LogP contribution in [-0.4, -0.2) is 41.3 Å². The molecule has 2 rings (SSSR count). The van der Waals surface area contributed by atoms with Crippen molar-refractivity contribution in [3.05, 3.63) is 42.5 Å². The van der Waals surface area contributed by atoms with Crippen molar-refractivity contribution < 1.29 is 9.59 Å². The van der Waals surface area contributed by atoms with Crippen LogP contribution in [0.2, 0.25) is 0 Å². The second kappa shape index (κ2) is 7.31. The first kappa shape index (κ1) is 15.6. The van der Waals surface area contributed by atoms with Crippen LogP contribution in [0.5, 0.6) is 0 Å². The normalized spacial score (nSPS) is 15.3. The Kier molecular flexibility index (Phi) is 5.44. The number of hydrogen-bond acceptors (Lipinski definition) is 3. The lowest BCUT2D eigenvalue weighted by Crippen LogP contribution is -2.39. The molecule has 1 fully saturated rings. The summed E-state index contributed by atoms with van der Waals surface area (Å²) in [4.78, 5) is 25.5. The van der Waals surface area contributed by atoms with Crippen LogP contribution >= 0.6 is 11.8 Å². The lowest BCUT2D eigenvalue weighted by Gasteiger charge is -2.31. The summed E-state index contributed by atoms with van der Waals surface area (Å²) in [5.74, 6) is 2.02. The molecule has 0 radical (unpaired) electrons. The van der Waals surface area contributed by atoms with E-state index in [4.69, 9.17) is 0 Å². The Morgan fingerprint density at radius 1 is 1.29 bits per heavy atom. The van der Waals surface area contributed by atoms with Crippen molar-refractivity contribution in [1.29, 1.82) is 0 Å². The zero-order chi connectivity index (χ0) is 15.2. The van der Waals surface area contributed by atoms with Gasteiger partial charge >= 0.3 is 0 Å². The number of nitrogens with one attached hydrogen (secondary N) is 1. The summed E-state index contributed by atoms with van der Waals surface area (Å²) in [6.07, 6.45) is 3.33. The van der Waals surface area contributed by atoms with Crippen molar-refractivity contribution in [2.24, 2.45) is 0 Å². The van der Waals surface area contributed by atoms with Gasteiger partial charge in [-0.3, -0.25) is 9.59 Å². The first-order valence-corrected chi connectivity index (χ1v) is 8.15. The second-order valence-electron chi connectivity index (χ2n) is 5.03. The molecule has 0 aromatic heterocycles. The van der Waals surface area contributed by atoms with E-state index in [1.807, 2.05) is 23.7 Å². The molecule has 2 amide bonds. The quantitative estimate of drug-likeness (QED) is 0.870. The third-order valence-electron chi connectivity index (χ3n) is 3.64. The smallest absolute Gasteiger partial charge is 0.253 e. The molecule has 0 bridgehead atoms. The van der Waals surface area contributed by atoms with Crippen molar-refractivity contribution in [2.75, 3.05) is 23.9 Å². The van der Waals surface area contributed by atoms with E-state index in [1.165, 1.54) is 6.08 Å². The molecule has 112 valence electrons. The minimum absolute atomic E-state index is 0.0356. The van der Waals surface area contributed by atoms with Crippen LogP contribution in [0.1, 0.15) is 23.2 Å². The molecular formula is C16H20N2O2S. The van der Waals surface area contributed by atoms with Gasteiger partial charge in [0.1, 0.15) is 0 Å². The van der Waals surface area contributed by atoms with Gasteiger partial charge in [0.15, 0.2) is 0 Å². The van der Waals surface area contributed by atoms with E-state index in [1.54, 1.807) is 24.3 Å². The van der Waals surface area contributed by atoms with Gasteiger partial charge < -0.3 is 10.2 Å². The van der Waals surface area contributed by atoms with Crippen LogP contribution in [0.15, 0.2) is 36.9 Å². The molecular weight excluding hydrogens is 284 g/mol. The molecule has 0 unspecified atom stereocenters. The monoisotopic (exact) mass is 304 g/mol. The number of anilines is 1. The number of carbonyl (C=O) groups is 2. The van der Waals surface area contributed by atoms with Crippen LogP contribution < -0.4 is 5.32 Å². The molecule has 0 atom stereocenters. The number of carbonyl (C=O) groups excluding carboxylic acids is 2. The van der Waals surface area contributed by atoms with E-state index in [0.29, 0.717) is 17.3 Å². The number of thioether (sulfide) groups is 1. The summed E-state index contributed by atoms with van der Waals surface area (Å²) in [5.41, 5.74) is 1.31. The molecule has 21 heavy (non-hydrogen) atoms. The third-order valence-corrected chi connectivity index (χ3v) is 4.69. The number of amides is 2. The van der Waals surface area contributed by atoms with Gasteiger partial charge in [-0.05, 0) is 54.7 Å². The number of benzene rings is 1. The fourth-order valence-corrected chi connectivity index (χ4v) is 3.41. The summed E-state index contributed by atoms with van der Waals surface area (Å²) < 4.78 is 0. The summed E-state index contributed by atoms with van der Waals surface area (Å²) >= 11 is 1.95. The predicted molar refractivity (Wildman–Crippen MR) is 87.7 cm³/mol. The maximum Gasteiger partial charge on any atom is 0.253 e. The fourth-order valence-electron chi connectivity index (χ4n) is 2.33. The lowest BCUT2D eigenvalue weighted by molar-refractivity contribution is -0.111. The standard InChI is InChI=1S/C16H20N2O2S/c1-3-15(19)17-13-6-4-12(5-7-13)16(20)18(2)14-8-10-21-11-9-14/h3-7,14H,1,8-11H2,2H3,(H,17,19). The van der Waals surface area contributed by atoms with Crippen molar-refractivity contribution in [3.63, 3.8) is 0 Å². The highest BCUT2D eigenvalue weighted by atomic mass is 32.2. The zero-order valence-corrected chi connectivity index (χ0v) is 13.0. The number of hydrogen-bond donors (Lipinski definition) is 1. The number of rotatable bonds is 4. The molecule has 1 aliphatic rings. The Morgan fingerprint density at radius 3 is 2.48 bits per heavy atom. The molecule has 1 saturated heterocycles. The second-order valence-corrected chi connectivity index (χ2v) is 6.26. The van der Waals surface area contributed by atoms with Gasteiger partial charge in [0.05, 0.1) is 0 Å². The van der Waals surface area contributed by atoms with E-state index < -0.39 is 0 Å². The van der Waals surface area contributed by atoms with E-state index in [-0.39, 0.29) is 11.8 Å². The summed E-state index contributed by atoms with van der Waals surface area (Å²) in [5, 5.41) is 2.67. The average molecular weight is 304 g/mol. The first-order valence-electron chi connectivity index (χ1n) is 7.00. The highest BCUT2D eigenvalue weighted by Crippen LogP contribution is 2.22. The van der Waals surface area contributed by atoms with Crippen LogP contribution in [-0.2, 0) is 4.79 Å². The van der Waals surface area contributed by atoms with Gasteiger partial charge in [0.25, 0.3) is 5.91 Å². The van der Waals surface area contributed by atoms with Crippen LogP contribution in [0.25, 0.3) is 0 Å². The molecule has 1 aromatic carbocycles. The zero-order valence-electron chi connectivity index (χ0n) is 12.2. The minimum Gasteiger partial charge on any atom is -0.339 e. The van der Waals surface area contributed by atoms with Crippen molar-refractivity contribution in [3.8, 4) is 0 Å². The lowest BCUT2D eigenvalue weighted by atomic mass is 10.1. The van der Waals surface area contributed by atoms with Crippen molar-refractivity contribution in [1.82, 2.24) is 4.90 Å². The molecule has 4 nitrogen and oxygen atoms in total. The van der Waals surface area contributed by atoms with Crippen LogP contribution in [0, 0.1) is 0 Å². The Morgan fingerprint density at radius 2 is 1.90 bits per heavy atom. The molecule has 5 heteroatoms. The van der Waals surface area contributed by atoms with Gasteiger partial charge in [-0.15, -0.1) is 0 Å². The Hall–Kier alpha value is -1.75. The highest BCUT2D eigenvalue weighted by molar-refractivity contribution is 7.99. The van der Waals surface area contributed by atoms with Gasteiger partial charge in [0, 0.05) is 24.3 Å². The van der Waals surface area contributed by atoms with Gasteiger partial charge in [-0.2, -0.15) is 11.8 Å².